The molecule has 13 nitrogen and oxygen atoms in total. The predicted molar refractivity (Wildman–Crippen MR) is 151 cm³/mol. The molecule has 1 amide bonds. The van der Waals surface area contributed by atoms with Crippen molar-refractivity contribution in [1.29, 1.82) is 0 Å². The highest BCUT2D eigenvalue weighted by molar-refractivity contribution is 7.89. The third-order valence-electron chi connectivity index (χ3n) is 6.26. The van der Waals surface area contributed by atoms with Crippen molar-refractivity contribution in [3.63, 3.8) is 0 Å². The van der Waals surface area contributed by atoms with Gasteiger partial charge in [0.15, 0.2) is 11.5 Å². The number of rotatable bonds is 9. The van der Waals surface area contributed by atoms with Gasteiger partial charge in [0, 0.05) is 19.6 Å². The summed E-state index contributed by atoms with van der Waals surface area (Å²) in [5.74, 6) is -0.560. The van der Waals surface area contributed by atoms with Gasteiger partial charge in [-0.2, -0.15) is 13.7 Å². The van der Waals surface area contributed by atoms with Crippen LogP contribution in [-0.2, 0) is 29.6 Å². The molecule has 0 spiro atoms. The number of carbonyl (C=O) groups is 2. The molecular weight excluding hydrogens is 588 g/mol. The van der Waals surface area contributed by atoms with Gasteiger partial charge in [-0.1, -0.05) is 36.4 Å². The highest BCUT2D eigenvalue weighted by Crippen LogP contribution is 2.28. The van der Waals surface area contributed by atoms with Crippen LogP contribution in [0.2, 0.25) is 0 Å². The molecular formula is C27H28N4O9S2. The van der Waals surface area contributed by atoms with E-state index < -0.39 is 44.7 Å². The molecule has 1 heterocycles. The van der Waals surface area contributed by atoms with E-state index in [1.165, 1.54) is 55.8 Å². The maximum absolute atomic E-state index is 13.5. The second kappa shape index (κ2) is 13.1. The van der Waals surface area contributed by atoms with Gasteiger partial charge in [-0.3, -0.25) is 4.79 Å². The zero-order valence-electron chi connectivity index (χ0n) is 22.6. The fourth-order valence-electron chi connectivity index (χ4n) is 4.16. The van der Waals surface area contributed by atoms with E-state index in [4.69, 9.17) is 9.47 Å². The zero-order chi connectivity index (χ0) is 30.3. The minimum atomic E-state index is -4.16. The Kier molecular flexibility index (Phi) is 9.57. The first-order chi connectivity index (χ1) is 20.1. The van der Waals surface area contributed by atoms with Gasteiger partial charge in [-0.25, -0.2) is 27.1 Å². The minimum absolute atomic E-state index is 0.0233. The summed E-state index contributed by atoms with van der Waals surface area (Å²) in [4.78, 5) is 24.8. The largest absolute Gasteiger partial charge is 0.513 e. The maximum Gasteiger partial charge on any atom is 0.513 e. The quantitative estimate of drug-likeness (QED) is 0.164. The van der Waals surface area contributed by atoms with E-state index in [2.05, 4.69) is 15.3 Å². The van der Waals surface area contributed by atoms with Gasteiger partial charge < -0.3 is 14.2 Å². The van der Waals surface area contributed by atoms with Gasteiger partial charge in [0.25, 0.3) is 5.91 Å². The molecule has 1 aliphatic rings. The van der Waals surface area contributed by atoms with Gasteiger partial charge in [-0.15, -0.1) is 0 Å². The molecule has 42 heavy (non-hydrogen) atoms. The number of nitrogens with zero attached hydrogens (tertiary/aromatic N) is 3. The number of piperazine rings is 1. The monoisotopic (exact) mass is 616 g/mol. The maximum atomic E-state index is 13.5. The molecule has 3 aromatic carbocycles. The number of hydrogen-bond donors (Lipinski definition) is 1. The minimum Gasteiger partial charge on any atom is -0.493 e. The molecule has 1 fully saturated rings. The van der Waals surface area contributed by atoms with Crippen molar-refractivity contribution in [2.45, 2.75) is 15.8 Å². The third-order valence-corrected chi connectivity index (χ3v) is 10.1. The second-order valence-corrected chi connectivity index (χ2v) is 12.6. The van der Waals surface area contributed by atoms with E-state index in [1.807, 2.05) is 0 Å². The Labute approximate surface area is 243 Å². The standard InChI is InChI=1S/C27H28N4O9S2/c1-38-25-17-20(13-14-24(25)40-27(33)39-2)18-28-29-26(32)23-19-30(41(34,35)21-9-5-3-6-10-21)15-16-31(23)42(36,37)22-11-7-4-8-12-22/h3-14,17-18,23H,15-16,19H2,1-2H3,(H,29,32)/b28-18-/t23-/m1/s1. The molecule has 0 saturated carbocycles. The van der Waals surface area contributed by atoms with Gasteiger partial charge in [-0.05, 0) is 48.0 Å². The van der Waals surface area contributed by atoms with Crippen molar-refractivity contribution >= 4 is 38.3 Å². The number of ether oxygens (including phenoxy) is 3. The number of sulfonamides is 2. The average molecular weight is 617 g/mol. The molecule has 15 heteroatoms. The summed E-state index contributed by atoms with van der Waals surface area (Å²) in [6, 6.07) is 18.3. The number of nitrogens with one attached hydrogen (secondary N) is 1. The highest BCUT2D eigenvalue weighted by atomic mass is 32.2. The van der Waals surface area contributed by atoms with E-state index in [0.717, 1.165) is 15.7 Å². The summed E-state index contributed by atoms with van der Waals surface area (Å²) >= 11 is 0. The first-order valence-electron chi connectivity index (χ1n) is 12.5. The molecule has 1 N–H and O–H groups in total. The average Bonchev–Trinajstić information content (AvgIpc) is 3.02. The molecule has 0 unspecified atom stereocenters. The number of amides is 1. The van der Waals surface area contributed by atoms with Gasteiger partial charge in [0.2, 0.25) is 20.0 Å². The molecule has 4 rings (SSSR count). The molecule has 0 radical (unpaired) electrons. The Bertz CT molecular complexity index is 1670. The Hall–Kier alpha value is -4.31. The molecule has 1 aliphatic heterocycles. The molecule has 222 valence electrons. The number of methoxy groups -OCH3 is 2. The Morgan fingerprint density at radius 3 is 2.07 bits per heavy atom. The van der Waals surface area contributed by atoms with Crippen molar-refractivity contribution in [2.24, 2.45) is 5.10 Å². The lowest BCUT2D eigenvalue weighted by atomic mass is 10.2. The lowest BCUT2D eigenvalue weighted by Crippen LogP contribution is -2.60. The van der Waals surface area contributed by atoms with Crippen molar-refractivity contribution in [3.05, 3.63) is 84.4 Å². The molecule has 3 aromatic rings. The number of hydrazone groups is 1. The van der Waals surface area contributed by atoms with Crippen LogP contribution in [0.15, 0.2) is 93.8 Å². The molecule has 1 atom stereocenters. The molecule has 0 aliphatic carbocycles. The Morgan fingerprint density at radius 2 is 1.48 bits per heavy atom. The van der Waals surface area contributed by atoms with Crippen molar-refractivity contribution in [3.8, 4) is 11.5 Å². The third kappa shape index (κ3) is 6.76. The van der Waals surface area contributed by atoms with E-state index in [-0.39, 0.29) is 34.4 Å². The first kappa shape index (κ1) is 30.6. The van der Waals surface area contributed by atoms with E-state index >= 15 is 0 Å². The van der Waals surface area contributed by atoms with Crippen LogP contribution in [0.4, 0.5) is 4.79 Å². The van der Waals surface area contributed by atoms with Crippen LogP contribution in [0.25, 0.3) is 0 Å². The van der Waals surface area contributed by atoms with Crippen molar-refractivity contribution in [1.82, 2.24) is 14.0 Å². The summed E-state index contributed by atoms with van der Waals surface area (Å²) < 4.78 is 70.3. The summed E-state index contributed by atoms with van der Waals surface area (Å²) in [6.07, 6.45) is 0.326. The molecule has 1 saturated heterocycles. The van der Waals surface area contributed by atoms with Crippen molar-refractivity contribution < 1.29 is 40.6 Å². The topological polar surface area (TPSA) is 161 Å². The van der Waals surface area contributed by atoms with Crippen LogP contribution >= 0.6 is 0 Å². The normalized spacial score (nSPS) is 16.6. The Balaban J connectivity index is 1.58. The van der Waals surface area contributed by atoms with Gasteiger partial charge in [0.05, 0.1) is 30.2 Å². The second-order valence-electron chi connectivity index (χ2n) is 8.82. The Morgan fingerprint density at radius 1 is 0.857 bits per heavy atom. The van der Waals surface area contributed by atoms with Gasteiger partial charge >= 0.3 is 6.16 Å². The van der Waals surface area contributed by atoms with Crippen LogP contribution in [0, 0.1) is 0 Å². The van der Waals surface area contributed by atoms with E-state index in [9.17, 15) is 26.4 Å². The smallest absolute Gasteiger partial charge is 0.493 e. The van der Waals surface area contributed by atoms with Crippen LogP contribution < -0.4 is 14.9 Å². The highest BCUT2D eigenvalue weighted by Gasteiger charge is 2.43. The SMILES string of the molecule is COC(=O)Oc1ccc(/C=N\NC(=O)[C@H]2CN(S(=O)(=O)c3ccccc3)CCN2S(=O)(=O)c2ccccc2)cc1OC. The fraction of sp³-hybridized carbons (Fsp3) is 0.222. The zero-order valence-corrected chi connectivity index (χ0v) is 24.2. The number of hydrogen-bond acceptors (Lipinski definition) is 10. The van der Waals surface area contributed by atoms with Crippen LogP contribution in [-0.4, -0.2) is 83.6 Å². The summed E-state index contributed by atoms with van der Waals surface area (Å²) in [5.41, 5.74) is 2.76. The van der Waals surface area contributed by atoms with Crippen LogP contribution in [0.5, 0.6) is 11.5 Å². The summed E-state index contributed by atoms with van der Waals surface area (Å²) in [6.45, 7) is -0.849. The van der Waals surface area contributed by atoms with Gasteiger partial charge in [0.1, 0.15) is 6.04 Å². The molecule has 0 aromatic heterocycles. The molecule has 0 bridgehead atoms. The number of carbonyl (C=O) groups excluding carboxylic acids is 2. The predicted octanol–water partition coefficient (Wildman–Crippen LogP) is 2.05. The summed E-state index contributed by atoms with van der Waals surface area (Å²) in [5, 5.41) is 3.93. The van der Waals surface area contributed by atoms with Crippen molar-refractivity contribution in [2.75, 3.05) is 33.9 Å². The lowest BCUT2D eigenvalue weighted by Gasteiger charge is -2.38. The fourth-order valence-corrected chi connectivity index (χ4v) is 7.21. The first-order valence-corrected chi connectivity index (χ1v) is 15.3. The van der Waals surface area contributed by atoms with Crippen LogP contribution in [0.1, 0.15) is 5.56 Å². The van der Waals surface area contributed by atoms with E-state index in [1.54, 1.807) is 36.4 Å². The lowest BCUT2D eigenvalue weighted by molar-refractivity contribution is -0.125. The van der Waals surface area contributed by atoms with E-state index in [0.29, 0.717) is 5.56 Å². The number of benzene rings is 3. The van der Waals surface area contributed by atoms with Crippen LogP contribution in [0.3, 0.4) is 0 Å². The summed E-state index contributed by atoms with van der Waals surface area (Å²) in [7, 11) is -5.65.